The normalized spacial score (nSPS) is 16.2. The molecule has 6 rings (SSSR count). The molecule has 1 atom stereocenters. The van der Waals surface area contributed by atoms with Gasteiger partial charge in [0.05, 0.1) is 18.4 Å². The molecule has 0 saturated carbocycles. The van der Waals surface area contributed by atoms with E-state index in [-0.39, 0.29) is 17.5 Å². The molecule has 30 heavy (non-hydrogen) atoms. The van der Waals surface area contributed by atoms with Crippen LogP contribution in [0, 0.1) is 5.82 Å². The molecule has 9 heteroatoms. The van der Waals surface area contributed by atoms with Gasteiger partial charge in [-0.2, -0.15) is 0 Å². The van der Waals surface area contributed by atoms with Gasteiger partial charge in [-0.05, 0) is 43.0 Å². The first kappa shape index (κ1) is 17.0. The predicted octanol–water partition coefficient (Wildman–Crippen LogP) is 2.89. The minimum absolute atomic E-state index is 0.147. The van der Waals surface area contributed by atoms with Crippen molar-refractivity contribution < 1.29 is 4.39 Å². The summed E-state index contributed by atoms with van der Waals surface area (Å²) >= 11 is 0. The zero-order valence-electron chi connectivity index (χ0n) is 15.8. The number of hydrogen-bond donors (Lipinski definition) is 1. The Balaban J connectivity index is 1.56. The molecule has 1 unspecified atom stereocenters. The third-order valence-electron chi connectivity index (χ3n) is 5.64. The van der Waals surface area contributed by atoms with Gasteiger partial charge in [-0.25, -0.2) is 24.1 Å². The highest BCUT2D eigenvalue weighted by Gasteiger charge is 2.26. The summed E-state index contributed by atoms with van der Waals surface area (Å²) < 4.78 is 17.1. The smallest absolute Gasteiger partial charge is 0.303 e. The third kappa shape index (κ3) is 2.48. The van der Waals surface area contributed by atoms with E-state index in [0.717, 1.165) is 30.5 Å². The summed E-state index contributed by atoms with van der Waals surface area (Å²) in [6.45, 7) is 0. The van der Waals surface area contributed by atoms with Gasteiger partial charge in [0.25, 0.3) is 0 Å². The number of aromatic amines is 1. The van der Waals surface area contributed by atoms with Crippen LogP contribution in [0.3, 0.4) is 0 Å². The van der Waals surface area contributed by atoms with Gasteiger partial charge < -0.3 is 4.98 Å². The molecular weight excluding hydrogens is 385 g/mol. The van der Waals surface area contributed by atoms with Crippen molar-refractivity contribution in [1.82, 2.24) is 33.9 Å². The van der Waals surface area contributed by atoms with Crippen molar-refractivity contribution in [2.24, 2.45) is 0 Å². The van der Waals surface area contributed by atoms with E-state index < -0.39 is 0 Å². The molecule has 1 N–H and O–H groups in total. The number of nitrogens with one attached hydrogen (secondary N) is 1. The summed E-state index contributed by atoms with van der Waals surface area (Å²) in [5, 5.41) is 0. The lowest BCUT2D eigenvalue weighted by molar-refractivity contribution is 0.481. The SMILES string of the molecule is O=c1[nH]c2cnc(-c3cnc4ccc(F)cn34)nc2n1C1CCCc2ncccc21. The van der Waals surface area contributed by atoms with Crippen LogP contribution in [0.25, 0.3) is 28.3 Å². The van der Waals surface area contributed by atoms with Gasteiger partial charge in [0.15, 0.2) is 11.5 Å². The Morgan fingerprint density at radius 3 is 3.00 bits per heavy atom. The molecule has 0 spiro atoms. The number of hydrogen-bond acceptors (Lipinski definition) is 5. The second kappa shape index (κ2) is 6.31. The van der Waals surface area contributed by atoms with Crippen LogP contribution in [0.2, 0.25) is 0 Å². The van der Waals surface area contributed by atoms with Crippen molar-refractivity contribution in [2.45, 2.75) is 25.3 Å². The summed E-state index contributed by atoms with van der Waals surface area (Å²) in [6, 6.07) is 6.72. The summed E-state index contributed by atoms with van der Waals surface area (Å²) in [5.41, 5.74) is 4.04. The molecule has 5 heterocycles. The Labute approximate surface area is 169 Å². The number of fused-ring (bicyclic) bond motifs is 3. The van der Waals surface area contributed by atoms with Gasteiger partial charge in [-0.1, -0.05) is 6.07 Å². The molecule has 0 bridgehead atoms. The molecule has 8 nitrogen and oxygen atoms in total. The van der Waals surface area contributed by atoms with Gasteiger partial charge >= 0.3 is 5.69 Å². The maximum Gasteiger partial charge on any atom is 0.328 e. The Morgan fingerprint density at radius 2 is 2.07 bits per heavy atom. The summed E-state index contributed by atoms with van der Waals surface area (Å²) in [5.74, 6) is -0.0109. The van der Waals surface area contributed by atoms with E-state index >= 15 is 0 Å². The molecule has 0 saturated heterocycles. The summed E-state index contributed by atoms with van der Waals surface area (Å²) in [6.07, 6.45) is 8.98. The minimum Gasteiger partial charge on any atom is -0.303 e. The summed E-state index contributed by atoms with van der Waals surface area (Å²) in [4.78, 5) is 33.6. The maximum absolute atomic E-state index is 13.8. The first-order valence-electron chi connectivity index (χ1n) is 9.73. The largest absolute Gasteiger partial charge is 0.328 e. The van der Waals surface area contributed by atoms with Crippen LogP contribution in [0.1, 0.15) is 30.1 Å². The Kier molecular flexibility index (Phi) is 3.58. The zero-order valence-corrected chi connectivity index (χ0v) is 15.8. The number of halogens is 1. The predicted molar refractivity (Wildman–Crippen MR) is 108 cm³/mol. The molecule has 5 aromatic rings. The number of nitrogens with zero attached hydrogens (tertiary/aromatic N) is 6. The highest BCUT2D eigenvalue weighted by molar-refractivity contribution is 5.73. The molecule has 0 aromatic carbocycles. The molecule has 1 aliphatic carbocycles. The molecule has 0 radical (unpaired) electrons. The molecule has 0 amide bonds. The molecule has 0 aliphatic heterocycles. The van der Waals surface area contributed by atoms with E-state index in [4.69, 9.17) is 0 Å². The van der Waals surface area contributed by atoms with Crippen LogP contribution in [0.5, 0.6) is 0 Å². The van der Waals surface area contributed by atoms with Crippen LogP contribution in [-0.2, 0) is 6.42 Å². The van der Waals surface area contributed by atoms with Crippen LogP contribution in [0.4, 0.5) is 4.39 Å². The van der Waals surface area contributed by atoms with Crippen molar-refractivity contribution in [1.29, 1.82) is 0 Å². The van der Waals surface area contributed by atoms with E-state index in [1.807, 2.05) is 12.1 Å². The van der Waals surface area contributed by atoms with Gasteiger partial charge in [-0.15, -0.1) is 0 Å². The fourth-order valence-electron chi connectivity index (χ4n) is 4.30. The van der Waals surface area contributed by atoms with E-state index in [0.29, 0.717) is 28.3 Å². The van der Waals surface area contributed by atoms with Crippen molar-refractivity contribution in [3.05, 3.63) is 76.6 Å². The van der Waals surface area contributed by atoms with Crippen molar-refractivity contribution >= 4 is 16.8 Å². The topological polar surface area (TPSA) is 93.8 Å². The van der Waals surface area contributed by atoms with E-state index in [2.05, 4.69) is 24.9 Å². The van der Waals surface area contributed by atoms with E-state index in [9.17, 15) is 9.18 Å². The Morgan fingerprint density at radius 1 is 1.13 bits per heavy atom. The number of aryl methyl sites for hydroxylation is 1. The molecular formula is C21H16FN7O. The molecule has 5 aromatic heterocycles. The quantitative estimate of drug-likeness (QED) is 0.491. The fourth-order valence-corrected chi connectivity index (χ4v) is 4.30. The minimum atomic E-state index is -0.382. The first-order valence-corrected chi connectivity index (χ1v) is 9.73. The lowest BCUT2D eigenvalue weighted by atomic mass is 9.91. The van der Waals surface area contributed by atoms with Crippen LogP contribution in [-0.4, -0.2) is 33.9 Å². The van der Waals surface area contributed by atoms with E-state index in [1.165, 1.54) is 12.3 Å². The molecule has 148 valence electrons. The van der Waals surface area contributed by atoms with Crippen molar-refractivity contribution in [2.75, 3.05) is 0 Å². The molecule has 0 fully saturated rings. The van der Waals surface area contributed by atoms with Gasteiger partial charge in [0.1, 0.15) is 22.7 Å². The number of pyridine rings is 2. The Bertz CT molecular complexity index is 1480. The average molecular weight is 401 g/mol. The van der Waals surface area contributed by atoms with Gasteiger partial charge in [0.2, 0.25) is 0 Å². The first-order chi connectivity index (χ1) is 14.7. The van der Waals surface area contributed by atoms with Crippen molar-refractivity contribution in [3.63, 3.8) is 0 Å². The average Bonchev–Trinajstić information content (AvgIpc) is 3.32. The summed E-state index contributed by atoms with van der Waals surface area (Å²) in [7, 11) is 0. The number of aromatic nitrogens is 7. The highest BCUT2D eigenvalue weighted by Crippen LogP contribution is 2.32. The lowest BCUT2D eigenvalue weighted by Crippen LogP contribution is -2.27. The second-order valence-corrected chi connectivity index (χ2v) is 7.40. The van der Waals surface area contributed by atoms with Gasteiger partial charge in [0, 0.05) is 18.1 Å². The van der Waals surface area contributed by atoms with Crippen LogP contribution < -0.4 is 5.69 Å². The Hall–Kier alpha value is -3.88. The fraction of sp³-hybridized carbons (Fsp3) is 0.190. The second-order valence-electron chi connectivity index (χ2n) is 7.40. The zero-order chi connectivity index (χ0) is 20.2. The number of H-pyrrole nitrogens is 1. The van der Waals surface area contributed by atoms with Crippen LogP contribution in [0.15, 0.2) is 53.8 Å². The highest BCUT2D eigenvalue weighted by atomic mass is 19.1. The monoisotopic (exact) mass is 401 g/mol. The maximum atomic E-state index is 13.8. The van der Waals surface area contributed by atoms with Gasteiger partial charge in [-0.3, -0.25) is 14.0 Å². The number of rotatable bonds is 2. The van der Waals surface area contributed by atoms with Crippen molar-refractivity contribution in [3.8, 4) is 11.5 Å². The van der Waals surface area contributed by atoms with E-state index in [1.54, 1.807) is 33.6 Å². The lowest BCUT2D eigenvalue weighted by Gasteiger charge is -2.25. The van der Waals surface area contributed by atoms with Crippen LogP contribution >= 0.6 is 0 Å². The third-order valence-corrected chi connectivity index (χ3v) is 5.64. The molecule has 1 aliphatic rings. The standard InChI is InChI=1S/C21H16FN7O/c22-12-6-7-18-24-10-17(28(18)11-12)19-25-9-15-20(27-19)29(21(30)26-15)16-5-1-4-14-13(16)3-2-8-23-14/h2-3,6-11,16H,1,4-5H2,(H,26,30). The number of imidazole rings is 2.